The predicted molar refractivity (Wildman–Crippen MR) is 104 cm³/mol. The van der Waals surface area contributed by atoms with Crippen LogP contribution in [0, 0.1) is 0 Å². The van der Waals surface area contributed by atoms with Crippen molar-refractivity contribution in [2.24, 2.45) is 4.99 Å². The number of ether oxygens (including phenoxy) is 1. The first-order valence-corrected chi connectivity index (χ1v) is 9.69. The van der Waals surface area contributed by atoms with E-state index in [2.05, 4.69) is 15.0 Å². The van der Waals surface area contributed by atoms with E-state index < -0.39 is 6.61 Å². The van der Waals surface area contributed by atoms with E-state index >= 15 is 0 Å². The third-order valence-corrected chi connectivity index (χ3v) is 5.84. The van der Waals surface area contributed by atoms with Crippen molar-refractivity contribution in [1.82, 2.24) is 0 Å². The Hall–Kier alpha value is -2.06. The van der Waals surface area contributed by atoms with Crippen LogP contribution in [0.2, 0.25) is 0 Å². The number of para-hydroxylation sites is 1. The molecule has 1 atom stereocenters. The molecule has 2 aromatic carbocycles. The van der Waals surface area contributed by atoms with Crippen molar-refractivity contribution in [3.63, 3.8) is 0 Å². The Bertz CT molecular complexity index is 813. The first-order chi connectivity index (χ1) is 12.5. The molecule has 0 saturated heterocycles. The smallest absolute Gasteiger partial charge is 0.387 e. The molecule has 1 N–H and O–H groups in total. The van der Waals surface area contributed by atoms with Gasteiger partial charge in [-0.15, -0.1) is 0 Å². The fourth-order valence-corrected chi connectivity index (χ4v) is 4.43. The Kier molecular flexibility index (Phi) is 6.16. The van der Waals surface area contributed by atoms with E-state index in [4.69, 9.17) is 0 Å². The second-order valence-corrected chi connectivity index (χ2v) is 8.00. The summed E-state index contributed by atoms with van der Waals surface area (Å²) in [6.07, 6.45) is 0. The molecule has 1 aliphatic heterocycles. The van der Waals surface area contributed by atoms with Gasteiger partial charge in [-0.3, -0.25) is 4.79 Å². The van der Waals surface area contributed by atoms with Gasteiger partial charge in [0.2, 0.25) is 5.91 Å². The van der Waals surface area contributed by atoms with Crippen LogP contribution in [0.3, 0.4) is 0 Å². The summed E-state index contributed by atoms with van der Waals surface area (Å²) in [5.41, 5.74) is 2.65. The Morgan fingerprint density at radius 1 is 1.23 bits per heavy atom. The van der Waals surface area contributed by atoms with Crippen LogP contribution < -0.4 is 10.1 Å². The Labute approximate surface area is 158 Å². The topological polar surface area (TPSA) is 50.7 Å². The van der Waals surface area contributed by atoms with Gasteiger partial charge in [-0.2, -0.15) is 8.78 Å². The van der Waals surface area contributed by atoms with Crippen molar-refractivity contribution in [2.75, 3.05) is 5.32 Å². The first-order valence-electron chi connectivity index (χ1n) is 7.83. The van der Waals surface area contributed by atoms with Crippen LogP contribution in [0.15, 0.2) is 53.5 Å². The van der Waals surface area contributed by atoms with Gasteiger partial charge in [-0.1, -0.05) is 41.7 Å². The number of nitrogens with zero attached hydrogens (tertiary/aromatic N) is 1. The van der Waals surface area contributed by atoms with E-state index in [1.165, 1.54) is 41.6 Å². The molecule has 3 rings (SSSR count). The zero-order valence-corrected chi connectivity index (χ0v) is 15.4. The van der Waals surface area contributed by atoms with Crippen LogP contribution in [0.1, 0.15) is 12.5 Å². The molecular formula is C18H16F2N2O2S2. The Morgan fingerprint density at radius 3 is 2.69 bits per heavy atom. The van der Waals surface area contributed by atoms with Gasteiger partial charge in [0.1, 0.15) is 10.1 Å². The molecule has 0 fully saturated rings. The van der Waals surface area contributed by atoms with Crippen LogP contribution >= 0.6 is 23.5 Å². The number of hydrogen-bond donors (Lipinski definition) is 1. The second kappa shape index (κ2) is 8.55. The number of fused-ring (bicyclic) bond motifs is 1. The Balaban J connectivity index is 1.57. The minimum atomic E-state index is -2.87. The van der Waals surface area contributed by atoms with Crippen LogP contribution in [-0.4, -0.2) is 22.1 Å². The van der Waals surface area contributed by atoms with Gasteiger partial charge in [-0.05, 0) is 42.8 Å². The summed E-state index contributed by atoms with van der Waals surface area (Å²) in [5.74, 6) is 0.703. The maximum atomic E-state index is 12.3. The van der Waals surface area contributed by atoms with Crippen LogP contribution in [0.25, 0.3) is 0 Å². The number of alkyl halides is 2. The molecule has 0 spiro atoms. The molecule has 0 aromatic heterocycles. The minimum absolute atomic E-state index is 0.0482. The summed E-state index contributed by atoms with van der Waals surface area (Å²) in [6.45, 7) is -1.07. The molecule has 1 unspecified atom stereocenters. The molecular weight excluding hydrogens is 378 g/mol. The lowest BCUT2D eigenvalue weighted by Gasteiger charge is -2.17. The lowest BCUT2D eigenvalue weighted by molar-refractivity contribution is -0.115. The molecule has 2 aromatic rings. The summed E-state index contributed by atoms with van der Waals surface area (Å²) >= 11 is 3.01. The van der Waals surface area contributed by atoms with Crippen molar-refractivity contribution >= 4 is 45.2 Å². The second-order valence-electron chi connectivity index (χ2n) is 5.45. The zero-order valence-electron chi connectivity index (χ0n) is 13.8. The SMILES string of the molecule is CC(SC1=Nc2ccccc2CS1)C(=O)Nc1ccc(OC(F)F)cc1. The summed E-state index contributed by atoms with van der Waals surface area (Å²) in [6, 6.07) is 13.8. The maximum Gasteiger partial charge on any atom is 0.387 e. The molecule has 0 aliphatic carbocycles. The number of hydrogen-bond acceptors (Lipinski definition) is 5. The van der Waals surface area contributed by atoms with Gasteiger partial charge in [0.05, 0.1) is 10.9 Å². The molecule has 0 bridgehead atoms. The summed E-state index contributed by atoms with van der Waals surface area (Å²) < 4.78 is 29.4. The highest BCUT2D eigenvalue weighted by Gasteiger charge is 2.20. The van der Waals surface area contributed by atoms with E-state index in [-0.39, 0.29) is 16.9 Å². The quantitative estimate of drug-likeness (QED) is 0.749. The lowest BCUT2D eigenvalue weighted by atomic mass is 10.2. The van der Waals surface area contributed by atoms with Crippen LogP contribution in [0.4, 0.5) is 20.2 Å². The number of anilines is 1. The molecule has 4 nitrogen and oxygen atoms in total. The van der Waals surface area contributed by atoms with Crippen LogP contribution in [-0.2, 0) is 10.5 Å². The number of rotatable bonds is 5. The van der Waals surface area contributed by atoms with Gasteiger partial charge in [0, 0.05) is 11.4 Å². The third kappa shape index (κ3) is 4.98. The minimum Gasteiger partial charge on any atom is -0.435 e. The third-order valence-electron chi connectivity index (χ3n) is 3.55. The van der Waals surface area contributed by atoms with Crippen LogP contribution in [0.5, 0.6) is 5.75 Å². The average Bonchev–Trinajstić information content (AvgIpc) is 2.62. The normalized spacial score (nSPS) is 14.4. The van der Waals surface area contributed by atoms with E-state index in [0.717, 1.165) is 15.8 Å². The number of halogens is 2. The van der Waals surface area contributed by atoms with Crippen molar-refractivity contribution in [3.8, 4) is 5.75 Å². The van der Waals surface area contributed by atoms with Gasteiger partial charge < -0.3 is 10.1 Å². The predicted octanol–water partition coefficient (Wildman–Crippen LogP) is 5.28. The summed E-state index contributed by atoms with van der Waals surface area (Å²) in [5, 5.41) is 2.42. The highest BCUT2D eigenvalue weighted by molar-refractivity contribution is 8.39. The van der Waals surface area contributed by atoms with Gasteiger partial charge >= 0.3 is 6.61 Å². The monoisotopic (exact) mass is 394 g/mol. The van der Waals surface area contributed by atoms with E-state index in [1.54, 1.807) is 18.7 Å². The molecule has 1 heterocycles. The Morgan fingerprint density at radius 2 is 1.96 bits per heavy atom. The zero-order chi connectivity index (χ0) is 18.5. The summed E-state index contributed by atoms with van der Waals surface area (Å²) in [4.78, 5) is 16.9. The fraction of sp³-hybridized carbons (Fsp3) is 0.222. The standard InChI is InChI=1S/C18H16F2N2O2S2/c1-11(26-18-22-15-5-3-2-4-12(15)10-25-18)16(23)21-13-6-8-14(9-7-13)24-17(19)20/h2-9,11,17H,10H2,1H3,(H,21,23). The number of amides is 1. The van der Waals surface area contributed by atoms with Crippen molar-refractivity contribution in [2.45, 2.75) is 24.5 Å². The number of carbonyl (C=O) groups excluding carboxylic acids is 1. The average molecular weight is 394 g/mol. The molecule has 1 aliphatic rings. The molecule has 0 saturated carbocycles. The van der Waals surface area contributed by atoms with E-state index in [0.29, 0.717) is 5.69 Å². The lowest BCUT2D eigenvalue weighted by Crippen LogP contribution is -2.23. The van der Waals surface area contributed by atoms with Gasteiger partial charge in [0.15, 0.2) is 0 Å². The highest BCUT2D eigenvalue weighted by atomic mass is 32.2. The number of aliphatic imine (C=N–C) groups is 1. The molecule has 0 radical (unpaired) electrons. The van der Waals surface area contributed by atoms with Crippen molar-refractivity contribution < 1.29 is 18.3 Å². The van der Waals surface area contributed by atoms with Crippen molar-refractivity contribution in [3.05, 3.63) is 54.1 Å². The fourth-order valence-electron chi connectivity index (χ4n) is 2.24. The largest absolute Gasteiger partial charge is 0.435 e. The maximum absolute atomic E-state index is 12.3. The number of benzene rings is 2. The molecule has 136 valence electrons. The number of thioether (sulfide) groups is 2. The first kappa shape index (κ1) is 18.7. The highest BCUT2D eigenvalue weighted by Crippen LogP contribution is 2.36. The van der Waals surface area contributed by atoms with E-state index in [9.17, 15) is 13.6 Å². The molecule has 8 heteroatoms. The van der Waals surface area contributed by atoms with E-state index in [1.807, 2.05) is 24.3 Å². The van der Waals surface area contributed by atoms with Crippen molar-refractivity contribution in [1.29, 1.82) is 0 Å². The number of nitrogens with one attached hydrogen (secondary N) is 1. The van der Waals surface area contributed by atoms with Gasteiger partial charge in [0.25, 0.3) is 0 Å². The van der Waals surface area contributed by atoms with Gasteiger partial charge in [-0.25, -0.2) is 4.99 Å². The molecule has 26 heavy (non-hydrogen) atoms. The summed E-state index contributed by atoms with van der Waals surface area (Å²) in [7, 11) is 0. The molecule has 1 amide bonds. The number of carbonyl (C=O) groups is 1.